The summed E-state index contributed by atoms with van der Waals surface area (Å²) in [5.41, 5.74) is -0.280. The lowest BCUT2D eigenvalue weighted by Crippen LogP contribution is -2.49. The first kappa shape index (κ1) is 16.5. The minimum Gasteiger partial charge on any atom is -0.478 e. The van der Waals surface area contributed by atoms with E-state index in [1.54, 1.807) is 33.0 Å². The van der Waals surface area contributed by atoms with Crippen LogP contribution in [0.5, 0.6) is 0 Å². The highest BCUT2D eigenvalue weighted by molar-refractivity contribution is 9.10. The van der Waals surface area contributed by atoms with Crippen LogP contribution in [0.2, 0.25) is 0 Å². The SMILES string of the molecule is CN(C(=O)Nc1ccc(Br)c(C(=O)O)c1)C(C)(C)CO. The molecule has 20 heavy (non-hydrogen) atoms. The van der Waals surface area contributed by atoms with E-state index in [2.05, 4.69) is 21.2 Å². The van der Waals surface area contributed by atoms with Crippen molar-refractivity contribution >= 4 is 33.6 Å². The number of carboxylic acids is 1. The van der Waals surface area contributed by atoms with E-state index < -0.39 is 17.5 Å². The average molecular weight is 345 g/mol. The highest BCUT2D eigenvalue weighted by Crippen LogP contribution is 2.22. The summed E-state index contributed by atoms with van der Waals surface area (Å²) in [5, 5.41) is 20.8. The van der Waals surface area contributed by atoms with Crippen LogP contribution >= 0.6 is 15.9 Å². The Kier molecular flexibility index (Phi) is 5.13. The Labute approximate surface area is 125 Å². The van der Waals surface area contributed by atoms with Gasteiger partial charge in [-0.15, -0.1) is 0 Å². The van der Waals surface area contributed by atoms with Crippen LogP contribution in [0.15, 0.2) is 22.7 Å². The summed E-state index contributed by atoms with van der Waals surface area (Å²) in [5.74, 6) is -1.09. The Morgan fingerprint density at radius 3 is 2.50 bits per heavy atom. The molecule has 2 amide bonds. The molecule has 110 valence electrons. The Balaban J connectivity index is 2.92. The third-order valence-electron chi connectivity index (χ3n) is 3.05. The van der Waals surface area contributed by atoms with E-state index in [1.165, 1.54) is 11.0 Å². The van der Waals surface area contributed by atoms with Crippen LogP contribution in [-0.2, 0) is 0 Å². The van der Waals surface area contributed by atoms with Gasteiger partial charge in [-0.1, -0.05) is 0 Å². The maximum absolute atomic E-state index is 12.0. The summed E-state index contributed by atoms with van der Waals surface area (Å²) in [7, 11) is 1.56. The number of carbonyl (C=O) groups is 2. The molecule has 0 aliphatic rings. The minimum atomic E-state index is -1.09. The summed E-state index contributed by atoms with van der Waals surface area (Å²) < 4.78 is 0.437. The quantitative estimate of drug-likeness (QED) is 0.782. The van der Waals surface area contributed by atoms with Crippen LogP contribution in [0, 0.1) is 0 Å². The van der Waals surface area contributed by atoms with Gasteiger partial charge in [0.25, 0.3) is 0 Å². The molecular formula is C13H17BrN2O4. The number of urea groups is 1. The Hall–Kier alpha value is -1.60. The van der Waals surface area contributed by atoms with E-state index in [4.69, 9.17) is 5.11 Å². The van der Waals surface area contributed by atoms with Crippen molar-refractivity contribution in [3.63, 3.8) is 0 Å². The molecule has 0 aliphatic heterocycles. The van der Waals surface area contributed by atoms with E-state index in [-0.39, 0.29) is 12.2 Å². The normalized spacial score (nSPS) is 11.1. The van der Waals surface area contributed by atoms with Gasteiger partial charge in [0, 0.05) is 17.2 Å². The number of hydrogen-bond acceptors (Lipinski definition) is 3. The number of likely N-dealkylation sites (N-methyl/N-ethyl adjacent to an activating group) is 1. The number of nitrogens with one attached hydrogen (secondary N) is 1. The molecule has 3 N–H and O–H groups in total. The van der Waals surface area contributed by atoms with Gasteiger partial charge in [0.1, 0.15) is 0 Å². The van der Waals surface area contributed by atoms with Crippen molar-refractivity contribution in [1.29, 1.82) is 0 Å². The first-order chi connectivity index (χ1) is 9.19. The zero-order chi connectivity index (χ0) is 15.5. The molecule has 1 rings (SSSR count). The number of amides is 2. The molecular weight excluding hydrogens is 328 g/mol. The van der Waals surface area contributed by atoms with Crippen LogP contribution in [0.3, 0.4) is 0 Å². The highest BCUT2D eigenvalue weighted by Gasteiger charge is 2.26. The molecule has 0 unspecified atom stereocenters. The first-order valence-corrected chi connectivity index (χ1v) is 6.67. The molecule has 0 aromatic heterocycles. The molecule has 0 spiro atoms. The van der Waals surface area contributed by atoms with Crippen molar-refractivity contribution in [2.24, 2.45) is 0 Å². The van der Waals surface area contributed by atoms with Crippen molar-refractivity contribution in [1.82, 2.24) is 4.90 Å². The zero-order valence-electron chi connectivity index (χ0n) is 11.5. The zero-order valence-corrected chi connectivity index (χ0v) is 13.1. The molecule has 6 nitrogen and oxygen atoms in total. The first-order valence-electron chi connectivity index (χ1n) is 5.87. The fourth-order valence-electron chi connectivity index (χ4n) is 1.36. The lowest BCUT2D eigenvalue weighted by atomic mass is 10.1. The second-order valence-electron chi connectivity index (χ2n) is 4.96. The molecule has 0 bridgehead atoms. The summed E-state index contributed by atoms with van der Waals surface area (Å²) in [4.78, 5) is 24.4. The molecule has 0 atom stereocenters. The van der Waals surface area contributed by atoms with Crippen molar-refractivity contribution in [3.05, 3.63) is 28.2 Å². The highest BCUT2D eigenvalue weighted by atomic mass is 79.9. The molecule has 0 saturated heterocycles. The number of aliphatic hydroxyl groups is 1. The number of carboxylic acid groups (broad SMARTS) is 1. The topological polar surface area (TPSA) is 89.9 Å². The number of rotatable bonds is 4. The van der Waals surface area contributed by atoms with Gasteiger partial charge in [-0.3, -0.25) is 0 Å². The number of halogens is 1. The van der Waals surface area contributed by atoms with Crippen molar-refractivity contribution in [3.8, 4) is 0 Å². The number of anilines is 1. The number of nitrogens with zero attached hydrogens (tertiary/aromatic N) is 1. The van der Waals surface area contributed by atoms with Gasteiger partial charge in [0.2, 0.25) is 0 Å². The second kappa shape index (κ2) is 6.23. The monoisotopic (exact) mass is 344 g/mol. The second-order valence-corrected chi connectivity index (χ2v) is 5.81. The maximum Gasteiger partial charge on any atom is 0.336 e. The Bertz CT molecular complexity index is 531. The van der Waals surface area contributed by atoms with E-state index >= 15 is 0 Å². The fourth-order valence-corrected chi connectivity index (χ4v) is 1.77. The van der Waals surface area contributed by atoms with Gasteiger partial charge in [-0.05, 0) is 48.0 Å². The van der Waals surface area contributed by atoms with Crippen molar-refractivity contribution < 1.29 is 19.8 Å². The predicted molar refractivity (Wildman–Crippen MR) is 79.0 cm³/mol. The predicted octanol–water partition coefficient (Wildman–Crippen LogP) is 2.38. The van der Waals surface area contributed by atoms with Crippen LogP contribution in [0.25, 0.3) is 0 Å². The molecule has 0 aliphatic carbocycles. The number of hydrogen-bond donors (Lipinski definition) is 3. The molecule has 1 aromatic rings. The summed E-state index contributed by atoms with van der Waals surface area (Å²) in [6.45, 7) is 3.26. The van der Waals surface area contributed by atoms with Gasteiger partial charge >= 0.3 is 12.0 Å². The fraction of sp³-hybridized carbons (Fsp3) is 0.385. The van der Waals surface area contributed by atoms with Gasteiger partial charge in [-0.2, -0.15) is 0 Å². The van der Waals surface area contributed by atoms with Gasteiger partial charge in [0.15, 0.2) is 0 Å². The van der Waals surface area contributed by atoms with Crippen molar-refractivity contribution in [2.45, 2.75) is 19.4 Å². The number of benzene rings is 1. The van der Waals surface area contributed by atoms with Gasteiger partial charge in [0.05, 0.1) is 17.7 Å². The standard InChI is InChI=1S/C13H17BrN2O4/c1-13(2,7-17)16(3)12(20)15-8-4-5-10(14)9(6-8)11(18)19/h4-6,17H,7H2,1-3H3,(H,15,20)(H,18,19). The largest absolute Gasteiger partial charge is 0.478 e. The summed E-state index contributed by atoms with van der Waals surface area (Å²) in [6, 6.07) is 4.08. The molecule has 0 radical (unpaired) electrons. The third kappa shape index (κ3) is 3.71. The van der Waals surface area contributed by atoms with E-state index in [0.717, 1.165) is 0 Å². The lowest BCUT2D eigenvalue weighted by molar-refractivity contribution is 0.0696. The van der Waals surface area contributed by atoms with Gasteiger partial charge in [-0.25, -0.2) is 9.59 Å². The smallest absolute Gasteiger partial charge is 0.336 e. The Morgan fingerprint density at radius 1 is 1.40 bits per heavy atom. The molecule has 7 heteroatoms. The number of aliphatic hydroxyl groups excluding tert-OH is 1. The van der Waals surface area contributed by atoms with Crippen molar-refractivity contribution in [2.75, 3.05) is 19.0 Å². The van der Waals surface area contributed by atoms with E-state index in [0.29, 0.717) is 10.2 Å². The number of carbonyl (C=O) groups excluding carboxylic acids is 1. The summed E-state index contributed by atoms with van der Waals surface area (Å²) >= 11 is 3.13. The minimum absolute atomic E-state index is 0.0619. The van der Waals surface area contributed by atoms with Gasteiger partial charge < -0.3 is 20.4 Å². The third-order valence-corrected chi connectivity index (χ3v) is 3.74. The van der Waals surface area contributed by atoms with Crippen LogP contribution < -0.4 is 5.32 Å². The van der Waals surface area contributed by atoms with Crippen LogP contribution in [0.4, 0.5) is 10.5 Å². The average Bonchev–Trinajstić information content (AvgIpc) is 2.39. The molecule has 0 heterocycles. The van der Waals surface area contributed by atoms with E-state index in [1.807, 2.05) is 0 Å². The lowest BCUT2D eigenvalue weighted by Gasteiger charge is -2.33. The maximum atomic E-state index is 12.0. The number of aromatic carboxylic acids is 1. The Morgan fingerprint density at radius 2 is 2.00 bits per heavy atom. The summed E-state index contributed by atoms with van der Waals surface area (Å²) in [6.07, 6.45) is 0. The molecule has 0 saturated carbocycles. The van der Waals surface area contributed by atoms with Crippen LogP contribution in [-0.4, -0.2) is 46.3 Å². The van der Waals surface area contributed by atoms with Crippen LogP contribution in [0.1, 0.15) is 24.2 Å². The van der Waals surface area contributed by atoms with E-state index in [9.17, 15) is 14.7 Å². The molecule has 1 aromatic carbocycles. The molecule has 0 fully saturated rings.